The lowest BCUT2D eigenvalue weighted by Gasteiger charge is -2.14. The highest BCUT2D eigenvalue weighted by Gasteiger charge is 2.08. The van der Waals surface area contributed by atoms with Crippen molar-refractivity contribution < 1.29 is 0 Å². The van der Waals surface area contributed by atoms with Gasteiger partial charge in [-0.15, -0.1) is 11.8 Å². The average molecular weight is 287 g/mol. The number of nitrogens with one attached hydrogen (secondary N) is 1. The second kappa shape index (κ2) is 6.17. The third kappa shape index (κ3) is 3.53. The van der Waals surface area contributed by atoms with Gasteiger partial charge in [0.15, 0.2) is 0 Å². The van der Waals surface area contributed by atoms with Crippen LogP contribution in [-0.2, 0) is 0 Å². The summed E-state index contributed by atoms with van der Waals surface area (Å²) in [6, 6.07) is 6.21. The predicted molar refractivity (Wildman–Crippen MR) is 69.0 cm³/mol. The smallest absolute Gasteiger partial charge is 0.0551 e. The van der Waals surface area contributed by atoms with Crippen molar-refractivity contribution in [1.29, 1.82) is 0 Å². The molecule has 0 radical (unpaired) electrons. The Balaban J connectivity index is 2.90. The van der Waals surface area contributed by atoms with Gasteiger partial charge in [-0.25, -0.2) is 0 Å². The van der Waals surface area contributed by atoms with Crippen LogP contribution in [0.2, 0.25) is 5.02 Å². The summed E-state index contributed by atoms with van der Waals surface area (Å²) in [6.07, 6.45) is 0.797. The highest BCUT2D eigenvalue weighted by Crippen LogP contribution is 2.26. The zero-order chi connectivity index (χ0) is 11.3. The van der Waals surface area contributed by atoms with Gasteiger partial charge < -0.3 is 5.32 Å². The summed E-state index contributed by atoms with van der Waals surface area (Å²) in [6.45, 7) is 1.85. The molecule has 1 unspecified atom stereocenters. The Labute approximate surface area is 104 Å². The van der Waals surface area contributed by atoms with Crippen LogP contribution in [0.15, 0.2) is 22.7 Å². The summed E-state index contributed by atoms with van der Waals surface area (Å²) in [5.41, 5.74) is 1.16. The topological polar surface area (TPSA) is 12.0 Å². The van der Waals surface area contributed by atoms with Crippen LogP contribution in [0.5, 0.6) is 0 Å². The average Bonchev–Trinajstić information content (AvgIpc) is 2.24. The van der Waals surface area contributed by atoms with Gasteiger partial charge >= 0.3 is 0 Å². The third-order valence-corrected chi connectivity index (χ3v) is 3.41. The molecule has 1 N–H and O–H groups in total. The molecule has 0 amide bonds. The minimum atomic E-state index is 0.239. The van der Waals surface area contributed by atoms with Gasteiger partial charge in [0.2, 0.25) is 0 Å². The first-order valence-corrected chi connectivity index (χ1v) is 5.88. The molecule has 0 aliphatic heterocycles. The van der Waals surface area contributed by atoms with Crippen molar-refractivity contribution in [1.82, 2.24) is 5.32 Å². The van der Waals surface area contributed by atoms with Crippen LogP contribution in [0.25, 0.3) is 0 Å². The molecule has 1 aromatic carbocycles. The van der Waals surface area contributed by atoms with Crippen molar-refractivity contribution in [3.8, 4) is 11.8 Å². The van der Waals surface area contributed by atoms with Crippen LogP contribution >= 0.6 is 27.5 Å². The quantitative estimate of drug-likeness (QED) is 0.834. The number of hydrogen-bond acceptors (Lipinski definition) is 1. The van der Waals surface area contributed by atoms with E-state index in [1.807, 2.05) is 26.1 Å². The molecule has 3 heteroatoms. The molecule has 1 aromatic rings. The van der Waals surface area contributed by atoms with Crippen LogP contribution in [0.3, 0.4) is 0 Å². The van der Waals surface area contributed by atoms with E-state index in [9.17, 15) is 0 Å². The molecule has 1 atom stereocenters. The predicted octanol–water partition coefficient (Wildman–Crippen LogP) is 3.78. The van der Waals surface area contributed by atoms with Gasteiger partial charge in [0.25, 0.3) is 0 Å². The number of rotatable bonds is 3. The molecule has 0 spiro atoms. The van der Waals surface area contributed by atoms with Gasteiger partial charge in [-0.2, -0.15) is 0 Å². The fourth-order valence-corrected chi connectivity index (χ4v) is 1.76. The van der Waals surface area contributed by atoms with E-state index in [1.165, 1.54) is 0 Å². The summed E-state index contributed by atoms with van der Waals surface area (Å²) < 4.78 is 0.921. The van der Waals surface area contributed by atoms with Crippen LogP contribution in [0.4, 0.5) is 0 Å². The Morgan fingerprint density at radius 3 is 2.80 bits per heavy atom. The first-order valence-electron chi connectivity index (χ1n) is 4.71. The van der Waals surface area contributed by atoms with Crippen LogP contribution in [0, 0.1) is 11.8 Å². The molecule has 1 rings (SSSR count). The Morgan fingerprint density at radius 2 is 2.27 bits per heavy atom. The number of hydrogen-bond donors (Lipinski definition) is 1. The lowest BCUT2D eigenvalue weighted by atomic mass is 10.0. The number of benzene rings is 1. The van der Waals surface area contributed by atoms with Crippen molar-refractivity contribution >= 4 is 27.5 Å². The van der Waals surface area contributed by atoms with Gasteiger partial charge in [-0.05, 0) is 47.6 Å². The van der Waals surface area contributed by atoms with E-state index < -0.39 is 0 Å². The molecule has 80 valence electrons. The SMILES string of the molecule is CC#CCC(NC)c1ccc(Br)c(Cl)c1. The van der Waals surface area contributed by atoms with E-state index >= 15 is 0 Å². The molecule has 0 aliphatic carbocycles. The lowest BCUT2D eigenvalue weighted by molar-refractivity contribution is 0.611. The minimum absolute atomic E-state index is 0.239. The van der Waals surface area contributed by atoms with Crippen molar-refractivity contribution in [3.05, 3.63) is 33.3 Å². The maximum Gasteiger partial charge on any atom is 0.0551 e. The van der Waals surface area contributed by atoms with E-state index in [0.717, 1.165) is 21.5 Å². The third-order valence-electron chi connectivity index (χ3n) is 2.18. The van der Waals surface area contributed by atoms with Gasteiger partial charge in [-0.1, -0.05) is 17.7 Å². The monoisotopic (exact) mass is 285 g/mol. The first kappa shape index (κ1) is 12.6. The molecule has 1 nitrogen and oxygen atoms in total. The van der Waals surface area contributed by atoms with Gasteiger partial charge in [0.05, 0.1) is 5.02 Å². The van der Waals surface area contributed by atoms with Crippen LogP contribution in [-0.4, -0.2) is 7.05 Å². The van der Waals surface area contributed by atoms with Gasteiger partial charge in [0.1, 0.15) is 0 Å². The first-order chi connectivity index (χ1) is 7.19. The Kier molecular flexibility index (Phi) is 5.17. The molecule has 0 aliphatic rings. The summed E-state index contributed by atoms with van der Waals surface area (Å²) in [5.74, 6) is 5.96. The molecule has 0 saturated carbocycles. The van der Waals surface area contributed by atoms with Gasteiger partial charge in [-0.3, -0.25) is 0 Å². The maximum atomic E-state index is 6.04. The van der Waals surface area contributed by atoms with E-state index in [2.05, 4.69) is 39.2 Å². The van der Waals surface area contributed by atoms with Crippen molar-refractivity contribution in [2.45, 2.75) is 19.4 Å². The molecule has 15 heavy (non-hydrogen) atoms. The minimum Gasteiger partial charge on any atom is -0.312 e. The molecular weight excluding hydrogens is 273 g/mol. The summed E-state index contributed by atoms with van der Waals surface area (Å²) in [5, 5.41) is 3.96. The molecule has 0 aromatic heterocycles. The lowest BCUT2D eigenvalue weighted by Crippen LogP contribution is -2.15. The Morgan fingerprint density at radius 1 is 1.53 bits per heavy atom. The van der Waals surface area contributed by atoms with Crippen LogP contribution < -0.4 is 5.32 Å². The standard InChI is InChI=1S/C12H13BrClN/c1-3-4-5-12(15-2)9-6-7-10(13)11(14)8-9/h6-8,12,15H,5H2,1-2H3. The van der Waals surface area contributed by atoms with Crippen molar-refractivity contribution in [2.75, 3.05) is 7.05 Å². The largest absolute Gasteiger partial charge is 0.312 e. The fraction of sp³-hybridized carbons (Fsp3) is 0.333. The maximum absolute atomic E-state index is 6.04. The summed E-state index contributed by atoms with van der Waals surface area (Å²) in [7, 11) is 1.93. The molecule has 0 fully saturated rings. The zero-order valence-electron chi connectivity index (χ0n) is 8.77. The summed E-state index contributed by atoms with van der Waals surface area (Å²) >= 11 is 9.41. The van der Waals surface area contributed by atoms with Gasteiger partial charge in [0, 0.05) is 16.9 Å². The highest BCUT2D eigenvalue weighted by atomic mass is 79.9. The fourth-order valence-electron chi connectivity index (χ4n) is 1.32. The van der Waals surface area contributed by atoms with E-state index in [4.69, 9.17) is 11.6 Å². The molecule has 0 bridgehead atoms. The Hall–Kier alpha value is -0.490. The van der Waals surface area contributed by atoms with E-state index in [0.29, 0.717) is 0 Å². The van der Waals surface area contributed by atoms with E-state index in [1.54, 1.807) is 0 Å². The second-order valence-corrected chi connectivity index (χ2v) is 4.41. The normalized spacial score (nSPS) is 11.7. The molecule has 0 saturated heterocycles. The van der Waals surface area contributed by atoms with E-state index in [-0.39, 0.29) is 6.04 Å². The number of halogens is 2. The molecule has 0 heterocycles. The van der Waals surface area contributed by atoms with Crippen molar-refractivity contribution in [2.24, 2.45) is 0 Å². The highest BCUT2D eigenvalue weighted by molar-refractivity contribution is 9.10. The zero-order valence-corrected chi connectivity index (χ0v) is 11.1. The van der Waals surface area contributed by atoms with Crippen LogP contribution in [0.1, 0.15) is 24.9 Å². The second-order valence-electron chi connectivity index (χ2n) is 3.15. The Bertz CT molecular complexity index is 392. The van der Waals surface area contributed by atoms with Crippen molar-refractivity contribution in [3.63, 3.8) is 0 Å². The molecular formula is C12H13BrClN. The summed E-state index contributed by atoms with van der Waals surface area (Å²) in [4.78, 5) is 0.